The second-order valence-electron chi connectivity index (χ2n) is 6.23. The van der Waals surface area contributed by atoms with E-state index >= 15 is 0 Å². The first-order valence-corrected chi connectivity index (χ1v) is 10.7. The molecule has 0 amide bonds. The number of oxazole rings is 1. The van der Waals surface area contributed by atoms with E-state index in [9.17, 15) is 27.9 Å². The number of methoxy groups -OCH3 is 1. The Morgan fingerprint density at radius 3 is 2.41 bits per heavy atom. The second-order valence-corrected chi connectivity index (χ2v) is 7.08. The predicted molar refractivity (Wildman–Crippen MR) is 125 cm³/mol. The molecule has 0 aliphatic rings. The number of carboxylic acids is 1. The summed E-state index contributed by atoms with van der Waals surface area (Å²) in [4.78, 5) is 25.4. The summed E-state index contributed by atoms with van der Waals surface area (Å²) >= 11 is 1.10. The van der Waals surface area contributed by atoms with Crippen molar-refractivity contribution in [1.82, 2.24) is 4.98 Å². The molecule has 0 bridgehead atoms. The zero-order chi connectivity index (χ0) is 25.8. The summed E-state index contributed by atoms with van der Waals surface area (Å²) in [5.41, 5.74) is 7.48. The molecule has 2 aromatic carbocycles. The van der Waals surface area contributed by atoms with Crippen molar-refractivity contribution in [3.8, 4) is 5.75 Å². The van der Waals surface area contributed by atoms with E-state index in [1.165, 1.54) is 19.2 Å². The SMILES string of the molecule is C=C(/C(C(=O)O)=C(/N)SC)c1ccc(F)cc1OC.CC(F)F.O=Cc1nc2ccccc2o1. The van der Waals surface area contributed by atoms with Gasteiger partial charge in [0.1, 0.15) is 17.1 Å². The highest BCUT2D eigenvalue weighted by Crippen LogP contribution is 2.32. The Kier molecular flexibility index (Phi) is 11.4. The number of nitrogens with zero attached hydrogens (tertiary/aromatic N) is 1. The van der Waals surface area contributed by atoms with Crippen LogP contribution in [0.3, 0.4) is 0 Å². The first-order chi connectivity index (χ1) is 16.0. The van der Waals surface area contributed by atoms with Crippen LogP contribution in [0.5, 0.6) is 5.75 Å². The number of fused-ring (bicyclic) bond motifs is 1. The van der Waals surface area contributed by atoms with Crippen LogP contribution in [0.4, 0.5) is 13.2 Å². The summed E-state index contributed by atoms with van der Waals surface area (Å²) in [6.45, 7) is 4.55. The molecule has 3 rings (SSSR count). The maximum absolute atomic E-state index is 13.1. The third kappa shape index (κ3) is 8.32. The minimum absolute atomic E-state index is 0.114. The van der Waals surface area contributed by atoms with Crippen LogP contribution in [0.15, 0.2) is 64.1 Å². The van der Waals surface area contributed by atoms with E-state index in [1.54, 1.807) is 18.4 Å². The summed E-state index contributed by atoms with van der Waals surface area (Å²) < 4.78 is 43.8. The fourth-order valence-corrected chi connectivity index (χ4v) is 2.89. The molecule has 182 valence electrons. The molecule has 3 N–H and O–H groups in total. The van der Waals surface area contributed by atoms with E-state index in [4.69, 9.17) is 14.9 Å². The molecule has 11 heteroatoms. The lowest BCUT2D eigenvalue weighted by Gasteiger charge is -2.13. The van der Waals surface area contributed by atoms with Crippen LogP contribution < -0.4 is 10.5 Å². The number of carbonyl (C=O) groups is 2. The Morgan fingerprint density at radius 2 is 1.91 bits per heavy atom. The average molecular weight is 497 g/mol. The first kappa shape index (κ1) is 28.3. The van der Waals surface area contributed by atoms with Crippen molar-refractivity contribution in [2.75, 3.05) is 13.4 Å². The number of aliphatic carboxylic acids is 1. The number of benzene rings is 2. The fraction of sp³-hybridized carbons (Fsp3) is 0.174. The van der Waals surface area contributed by atoms with E-state index in [0.717, 1.165) is 30.3 Å². The Balaban J connectivity index is 0.000000321. The number of halogens is 3. The Labute approximate surface area is 198 Å². The number of ether oxygens (including phenoxy) is 1. The molecule has 0 unspecified atom stereocenters. The molecule has 0 aliphatic heterocycles. The van der Waals surface area contributed by atoms with E-state index in [-0.39, 0.29) is 27.8 Å². The van der Waals surface area contributed by atoms with Gasteiger partial charge in [0.15, 0.2) is 5.58 Å². The number of aldehydes is 1. The van der Waals surface area contributed by atoms with E-state index in [2.05, 4.69) is 11.6 Å². The van der Waals surface area contributed by atoms with Gasteiger partial charge in [0.25, 0.3) is 5.89 Å². The molecular weight excluding hydrogens is 473 g/mol. The third-order valence-electron chi connectivity index (χ3n) is 3.88. The van der Waals surface area contributed by atoms with Crippen molar-refractivity contribution in [2.24, 2.45) is 5.73 Å². The molecule has 0 saturated carbocycles. The largest absolute Gasteiger partial charge is 0.496 e. The molecule has 34 heavy (non-hydrogen) atoms. The average Bonchev–Trinajstić information content (AvgIpc) is 3.22. The van der Waals surface area contributed by atoms with E-state index in [0.29, 0.717) is 17.4 Å². The molecule has 0 spiro atoms. The number of aromatic nitrogens is 1. The molecule has 1 heterocycles. The van der Waals surface area contributed by atoms with Crippen LogP contribution in [0, 0.1) is 5.82 Å². The highest BCUT2D eigenvalue weighted by atomic mass is 32.2. The van der Waals surface area contributed by atoms with Crippen LogP contribution in [0.2, 0.25) is 0 Å². The van der Waals surface area contributed by atoms with E-state index < -0.39 is 18.2 Å². The molecule has 7 nitrogen and oxygen atoms in total. The highest BCUT2D eigenvalue weighted by Gasteiger charge is 2.20. The number of hydrogen-bond acceptors (Lipinski definition) is 7. The first-order valence-electron chi connectivity index (χ1n) is 9.44. The molecule has 1 aromatic heterocycles. The van der Waals surface area contributed by atoms with Gasteiger partial charge in [0.05, 0.1) is 17.7 Å². The normalized spacial score (nSPS) is 10.9. The number of hydrogen-bond donors (Lipinski definition) is 2. The van der Waals surface area contributed by atoms with Crippen LogP contribution in [0.25, 0.3) is 16.7 Å². The standard InChI is InChI=1S/C13H14FNO3S.C8H5NO2.C2H4F2/c1-7(11(13(16)17)12(15)19-3)9-5-4-8(14)6-10(9)18-2;10-5-8-9-6-3-1-2-4-7(6)11-8;1-2(3)4/h4-6H,1,15H2,2-3H3,(H,16,17);1-5H;2H,1H3/b12-11+;;. The van der Waals surface area contributed by atoms with E-state index in [1.807, 2.05) is 12.1 Å². The van der Waals surface area contributed by atoms with Crippen LogP contribution in [-0.4, -0.2) is 42.1 Å². The quantitative estimate of drug-likeness (QED) is 0.266. The van der Waals surface area contributed by atoms with Crippen molar-refractivity contribution in [3.63, 3.8) is 0 Å². The smallest absolute Gasteiger partial charge is 0.338 e. The molecule has 3 aromatic rings. The van der Waals surface area contributed by atoms with Gasteiger partial charge in [-0.1, -0.05) is 18.7 Å². The van der Waals surface area contributed by atoms with Gasteiger partial charge < -0.3 is 20.0 Å². The summed E-state index contributed by atoms with van der Waals surface area (Å²) in [6.07, 6.45) is 0.0907. The summed E-state index contributed by atoms with van der Waals surface area (Å²) in [5, 5.41) is 9.33. The number of rotatable bonds is 6. The van der Waals surface area contributed by atoms with Gasteiger partial charge in [-0.05, 0) is 43.0 Å². The number of para-hydroxylation sites is 2. The molecular formula is C23H23F3N2O5S. The monoisotopic (exact) mass is 496 g/mol. The fourth-order valence-electron chi connectivity index (χ4n) is 2.47. The Hall–Kier alpha value is -3.73. The van der Waals surface area contributed by atoms with Crippen LogP contribution in [-0.2, 0) is 4.79 Å². The lowest BCUT2D eigenvalue weighted by atomic mass is 9.99. The van der Waals surface area contributed by atoms with Crippen molar-refractivity contribution >= 4 is 40.7 Å². The van der Waals surface area contributed by atoms with Gasteiger partial charge >= 0.3 is 5.97 Å². The lowest BCUT2D eigenvalue weighted by molar-refractivity contribution is -0.132. The number of alkyl halides is 2. The maximum Gasteiger partial charge on any atom is 0.338 e. The molecule has 0 atom stereocenters. The Bertz CT molecular complexity index is 1140. The molecule has 0 saturated heterocycles. The number of carbonyl (C=O) groups excluding carboxylic acids is 1. The number of carboxylic acid groups (broad SMARTS) is 1. The zero-order valence-corrected chi connectivity index (χ0v) is 19.4. The minimum Gasteiger partial charge on any atom is -0.496 e. The second kappa shape index (κ2) is 13.7. The summed E-state index contributed by atoms with van der Waals surface area (Å²) in [7, 11) is 1.37. The summed E-state index contributed by atoms with van der Waals surface area (Å²) in [6, 6.07) is 11.0. The van der Waals surface area contributed by atoms with Crippen molar-refractivity contribution < 1.29 is 37.0 Å². The maximum atomic E-state index is 13.1. The highest BCUT2D eigenvalue weighted by molar-refractivity contribution is 8.02. The van der Waals surface area contributed by atoms with Crippen molar-refractivity contribution in [1.29, 1.82) is 0 Å². The lowest BCUT2D eigenvalue weighted by Crippen LogP contribution is -2.10. The van der Waals surface area contributed by atoms with Crippen molar-refractivity contribution in [2.45, 2.75) is 13.3 Å². The molecule has 0 fully saturated rings. The molecule has 0 radical (unpaired) electrons. The van der Waals surface area contributed by atoms with Gasteiger partial charge in [0, 0.05) is 11.6 Å². The van der Waals surface area contributed by atoms with Gasteiger partial charge in [-0.3, -0.25) is 4.79 Å². The van der Waals surface area contributed by atoms with Gasteiger partial charge in [0.2, 0.25) is 12.7 Å². The van der Waals surface area contributed by atoms with Gasteiger partial charge in [-0.15, -0.1) is 11.8 Å². The van der Waals surface area contributed by atoms with Crippen LogP contribution >= 0.6 is 11.8 Å². The van der Waals surface area contributed by atoms with Crippen molar-refractivity contribution in [3.05, 3.63) is 76.9 Å². The topological polar surface area (TPSA) is 116 Å². The minimum atomic E-state index is -2.17. The molecule has 0 aliphatic carbocycles. The van der Waals surface area contributed by atoms with Gasteiger partial charge in [-0.2, -0.15) is 0 Å². The van der Waals surface area contributed by atoms with Crippen LogP contribution in [0.1, 0.15) is 23.2 Å². The number of thioether (sulfide) groups is 1. The zero-order valence-electron chi connectivity index (χ0n) is 18.6. The number of nitrogens with two attached hydrogens (primary N) is 1. The summed E-state index contributed by atoms with van der Waals surface area (Å²) in [5.74, 6) is -1.33. The third-order valence-corrected chi connectivity index (χ3v) is 4.53. The van der Waals surface area contributed by atoms with Gasteiger partial charge in [-0.25, -0.2) is 22.9 Å². The predicted octanol–water partition coefficient (Wildman–Crippen LogP) is 5.38. The Morgan fingerprint density at radius 1 is 1.29 bits per heavy atom.